The van der Waals surface area contributed by atoms with Crippen LogP contribution in [0.4, 0.5) is 10.2 Å². The summed E-state index contributed by atoms with van der Waals surface area (Å²) < 4.78 is 14.0. The Kier molecular flexibility index (Phi) is 3.63. The molecule has 118 valence electrons. The molecule has 0 aromatic carbocycles. The SMILES string of the molecule is Fc1cnc(-c2c[nH]c3ncccc23)nc1NC[C@H]1CCNC1. The number of aromatic nitrogens is 4. The molecule has 0 unspecified atom stereocenters. The molecular formula is C16H17FN6. The zero-order chi connectivity index (χ0) is 15.6. The minimum Gasteiger partial charge on any atom is -0.367 e. The zero-order valence-electron chi connectivity index (χ0n) is 12.5. The van der Waals surface area contributed by atoms with E-state index in [1.54, 1.807) is 12.4 Å². The highest BCUT2D eigenvalue weighted by molar-refractivity contribution is 5.91. The Hall–Kier alpha value is -2.54. The number of halogens is 1. The minimum absolute atomic E-state index is 0.250. The monoisotopic (exact) mass is 312 g/mol. The largest absolute Gasteiger partial charge is 0.367 e. The van der Waals surface area contributed by atoms with E-state index in [9.17, 15) is 4.39 Å². The molecule has 3 N–H and O–H groups in total. The minimum atomic E-state index is -0.433. The van der Waals surface area contributed by atoms with Gasteiger partial charge in [0.2, 0.25) is 0 Å². The van der Waals surface area contributed by atoms with E-state index >= 15 is 0 Å². The Bertz CT molecular complexity index is 824. The van der Waals surface area contributed by atoms with E-state index in [0.717, 1.165) is 36.1 Å². The summed E-state index contributed by atoms with van der Waals surface area (Å²) in [5.41, 5.74) is 1.58. The van der Waals surface area contributed by atoms with Crippen LogP contribution in [0.15, 0.2) is 30.7 Å². The number of hydrogen-bond donors (Lipinski definition) is 3. The molecule has 6 nitrogen and oxygen atoms in total. The molecule has 0 aliphatic carbocycles. The van der Waals surface area contributed by atoms with Crippen molar-refractivity contribution in [1.82, 2.24) is 25.3 Å². The van der Waals surface area contributed by atoms with E-state index < -0.39 is 5.82 Å². The van der Waals surface area contributed by atoms with E-state index in [-0.39, 0.29) is 5.82 Å². The molecule has 1 atom stereocenters. The van der Waals surface area contributed by atoms with E-state index in [2.05, 4.69) is 30.6 Å². The third-order valence-electron chi connectivity index (χ3n) is 4.16. The summed E-state index contributed by atoms with van der Waals surface area (Å²) in [5, 5.41) is 7.33. The van der Waals surface area contributed by atoms with Gasteiger partial charge in [0.25, 0.3) is 0 Å². The van der Waals surface area contributed by atoms with Crippen LogP contribution in [0.2, 0.25) is 0 Å². The lowest BCUT2D eigenvalue weighted by Crippen LogP contribution is -2.18. The Morgan fingerprint density at radius 3 is 3.17 bits per heavy atom. The second kappa shape index (κ2) is 5.92. The maximum atomic E-state index is 14.0. The van der Waals surface area contributed by atoms with Crippen LogP contribution in [0.5, 0.6) is 0 Å². The molecule has 3 aromatic heterocycles. The van der Waals surface area contributed by atoms with Crippen molar-refractivity contribution < 1.29 is 4.39 Å². The molecule has 0 spiro atoms. The zero-order valence-corrected chi connectivity index (χ0v) is 12.5. The number of rotatable bonds is 4. The molecule has 1 aliphatic heterocycles. The van der Waals surface area contributed by atoms with Gasteiger partial charge in [-0.2, -0.15) is 0 Å². The maximum Gasteiger partial charge on any atom is 0.183 e. The summed E-state index contributed by atoms with van der Waals surface area (Å²) in [6.07, 6.45) is 5.83. The average molecular weight is 312 g/mol. The van der Waals surface area contributed by atoms with Gasteiger partial charge in [-0.25, -0.2) is 19.3 Å². The number of aromatic amines is 1. The molecule has 0 saturated carbocycles. The molecule has 3 aromatic rings. The van der Waals surface area contributed by atoms with Gasteiger partial charge in [0, 0.05) is 29.9 Å². The van der Waals surface area contributed by atoms with Crippen LogP contribution >= 0.6 is 0 Å². The fourth-order valence-corrected chi connectivity index (χ4v) is 2.89. The highest BCUT2D eigenvalue weighted by Crippen LogP contribution is 2.26. The third kappa shape index (κ3) is 2.75. The van der Waals surface area contributed by atoms with Crippen molar-refractivity contribution in [2.24, 2.45) is 5.92 Å². The second-order valence-corrected chi connectivity index (χ2v) is 5.73. The number of hydrogen-bond acceptors (Lipinski definition) is 5. The van der Waals surface area contributed by atoms with Gasteiger partial charge in [-0.05, 0) is 37.6 Å². The van der Waals surface area contributed by atoms with Gasteiger partial charge in [-0.15, -0.1) is 0 Å². The van der Waals surface area contributed by atoms with Crippen LogP contribution in [0, 0.1) is 11.7 Å². The van der Waals surface area contributed by atoms with Crippen molar-refractivity contribution in [3.05, 3.63) is 36.5 Å². The first-order valence-electron chi connectivity index (χ1n) is 7.71. The first kappa shape index (κ1) is 14.1. The molecule has 4 rings (SSSR count). The lowest BCUT2D eigenvalue weighted by atomic mass is 10.1. The molecule has 0 bridgehead atoms. The normalized spacial score (nSPS) is 17.7. The highest BCUT2D eigenvalue weighted by Gasteiger charge is 2.16. The van der Waals surface area contributed by atoms with Crippen LogP contribution in [-0.4, -0.2) is 39.6 Å². The van der Waals surface area contributed by atoms with Crippen LogP contribution in [0.25, 0.3) is 22.4 Å². The molecule has 23 heavy (non-hydrogen) atoms. The summed E-state index contributed by atoms with van der Waals surface area (Å²) in [7, 11) is 0. The number of fused-ring (bicyclic) bond motifs is 1. The predicted molar refractivity (Wildman–Crippen MR) is 86.5 cm³/mol. The number of anilines is 1. The Balaban J connectivity index is 1.63. The van der Waals surface area contributed by atoms with Crippen molar-refractivity contribution >= 4 is 16.9 Å². The smallest absolute Gasteiger partial charge is 0.183 e. The van der Waals surface area contributed by atoms with Gasteiger partial charge in [0.15, 0.2) is 17.5 Å². The van der Waals surface area contributed by atoms with Gasteiger partial charge in [0.05, 0.1) is 6.20 Å². The molecule has 0 radical (unpaired) electrons. The van der Waals surface area contributed by atoms with E-state index in [4.69, 9.17) is 0 Å². The van der Waals surface area contributed by atoms with E-state index in [1.165, 1.54) is 6.20 Å². The lowest BCUT2D eigenvalue weighted by Gasteiger charge is -2.11. The molecule has 1 fully saturated rings. The second-order valence-electron chi connectivity index (χ2n) is 5.73. The Labute approximate surface area is 132 Å². The fourth-order valence-electron chi connectivity index (χ4n) is 2.89. The molecule has 4 heterocycles. The number of nitrogens with zero attached hydrogens (tertiary/aromatic N) is 3. The summed E-state index contributed by atoms with van der Waals surface area (Å²) in [4.78, 5) is 15.8. The summed E-state index contributed by atoms with van der Waals surface area (Å²) >= 11 is 0. The first-order chi connectivity index (χ1) is 11.3. The van der Waals surface area contributed by atoms with Crippen LogP contribution < -0.4 is 10.6 Å². The van der Waals surface area contributed by atoms with Gasteiger partial charge in [-0.1, -0.05) is 0 Å². The van der Waals surface area contributed by atoms with Crippen molar-refractivity contribution in [3.63, 3.8) is 0 Å². The topological polar surface area (TPSA) is 78.5 Å². The van der Waals surface area contributed by atoms with Crippen LogP contribution in [0.1, 0.15) is 6.42 Å². The average Bonchev–Trinajstić information content (AvgIpc) is 3.23. The summed E-state index contributed by atoms with van der Waals surface area (Å²) in [5.74, 6) is 0.806. The van der Waals surface area contributed by atoms with Crippen molar-refractivity contribution in [3.8, 4) is 11.4 Å². The summed E-state index contributed by atoms with van der Waals surface area (Å²) in [6, 6.07) is 3.80. The molecule has 0 amide bonds. The number of pyridine rings is 1. The lowest BCUT2D eigenvalue weighted by molar-refractivity contribution is 0.594. The maximum absolute atomic E-state index is 14.0. The van der Waals surface area contributed by atoms with Crippen molar-refractivity contribution in [2.75, 3.05) is 25.0 Å². The molecule has 1 saturated heterocycles. The number of nitrogens with one attached hydrogen (secondary N) is 3. The van der Waals surface area contributed by atoms with Crippen molar-refractivity contribution in [2.45, 2.75) is 6.42 Å². The molecular weight excluding hydrogens is 295 g/mol. The highest BCUT2D eigenvalue weighted by atomic mass is 19.1. The standard InChI is InChI=1S/C16H17FN6/c17-13-9-22-15(12-8-21-14-11(12)2-1-4-19-14)23-16(13)20-7-10-3-5-18-6-10/h1-2,4,8-10,18H,3,5-7H2,(H,19,21)(H,20,22,23)/t10-/m0/s1. The van der Waals surface area contributed by atoms with Gasteiger partial charge >= 0.3 is 0 Å². The fraction of sp³-hybridized carbons (Fsp3) is 0.312. The molecule has 1 aliphatic rings. The van der Waals surface area contributed by atoms with Gasteiger partial charge < -0.3 is 15.6 Å². The Morgan fingerprint density at radius 1 is 1.35 bits per heavy atom. The first-order valence-corrected chi connectivity index (χ1v) is 7.71. The third-order valence-corrected chi connectivity index (χ3v) is 4.16. The predicted octanol–water partition coefficient (Wildman–Crippen LogP) is 2.18. The van der Waals surface area contributed by atoms with E-state index in [1.807, 2.05) is 12.1 Å². The van der Waals surface area contributed by atoms with Crippen LogP contribution in [-0.2, 0) is 0 Å². The van der Waals surface area contributed by atoms with E-state index in [0.29, 0.717) is 18.3 Å². The van der Waals surface area contributed by atoms with Gasteiger partial charge in [-0.3, -0.25) is 0 Å². The van der Waals surface area contributed by atoms with Crippen molar-refractivity contribution in [1.29, 1.82) is 0 Å². The van der Waals surface area contributed by atoms with Gasteiger partial charge in [0.1, 0.15) is 5.65 Å². The van der Waals surface area contributed by atoms with Crippen LogP contribution in [0.3, 0.4) is 0 Å². The quantitative estimate of drug-likeness (QED) is 0.688. The number of H-pyrrole nitrogens is 1. The summed E-state index contributed by atoms with van der Waals surface area (Å²) in [6.45, 7) is 2.68. The molecule has 7 heteroatoms. The Morgan fingerprint density at radius 2 is 2.30 bits per heavy atom.